The maximum absolute atomic E-state index is 12.2. The van der Waals surface area contributed by atoms with E-state index in [9.17, 15) is 8.78 Å². The van der Waals surface area contributed by atoms with Crippen molar-refractivity contribution in [2.75, 3.05) is 26.2 Å². The van der Waals surface area contributed by atoms with Gasteiger partial charge in [0.1, 0.15) is 5.75 Å². The normalized spacial score (nSPS) is 17.6. The molecule has 3 nitrogen and oxygen atoms in total. The summed E-state index contributed by atoms with van der Waals surface area (Å²) in [5, 5.41) is 3.42. The summed E-state index contributed by atoms with van der Waals surface area (Å²) < 4.78 is 28.8. The van der Waals surface area contributed by atoms with Gasteiger partial charge < -0.3 is 15.0 Å². The summed E-state index contributed by atoms with van der Waals surface area (Å²) in [4.78, 5) is 2.44. The molecule has 1 aromatic rings. The van der Waals surface area contributed by atoms with Crippen molar-refractivity contribution in [1.29, 1.82) is 0 Å². The molecule has 0 radical (unpaired) electrons. The molecular formula is C15H22F2N2O. The first-order valence-electron chi connectivity index (χ1n) is 7.15. The van der Waals surface area contributed by atoms with Crippen LogP contribution in [0.1, 0.15) is 31.4 Å². The Balaban J connectivity index is 1.80. The van der Waals surface area contributed by atoms with Gasteiger partial charge in [0.2, 0.25) is 0 Å². The van der Waals surface area contributed by atoms with Gasteiger partial charge in [0.05, 0.1) is 0 Å². The SMILES string of the molecule is CC(NCCN1CCCC1)c1cccc(OC(F)F)c1. The maximum Gasteiger partial charge on any atom is 0.387 e. The van der Waals surface area contributed by atoms with E-state index >= 15 is 0 Å². The molecule has 0 aromatic heterocycles. The lowest BCUT2D eigenvalue weighted by molar-refractivity contribution is -0.0499. The molecule has 20 heavy (non-hydrogen) atoms. The van der Waals surface area contributed by atoms with Gasteiger partial charge in [-0.15, -0.1) is 0 Å². The van der Waals surface area contributed by atoms with Crippen molar-refractivity contribution in [3.05, 3.63) is 29.8 Å². The highest BCUT2D eigenvalue weighted by Crippen LogP contribution is 2.20. The summed E-state index contributed by atoms with van der Waals surface area (Å²) >= 11 is 0. The fraction of sp³-hybridized carbons (Fsp3) is 0.600. The summed E-state index contributed by atoms with van der Waals surface area (Å²) in [7, 11) is 0. The summed E-state index contributed by atoms with van der Waals surface area (Å²) in [6, 6.07) is 7.00. The second-order valence-corrected chi connectivity index (χ2v) is 5.18. The molecule has 1 atom stereocenters. The number of ether oxygens (including phenoxy) is 1. The van der Waals surface area contributed by atoms with Gasteiger partial charge >= 0.3 is 6.61 Å². The smallest absolute Gasteiger partial charge is 0.387 e. The summed E-state index contributed by atoms with van der Waals surface area (Å²) in [5.41, 5.74) is 0.963. The molecular weight excluding hydrogens is 262 g/mol. The highest BCUT2D eigenvalue weighted by Gasteiger charge is 2.12. The molecule has 1 saturated heterocycles. The van der Waals surface area contributed by atoms with Gasteiger partial charge in [0.25, 0.3) is 0 Å². The van der Waals surface area contributed by atoms with Crippen LogP contribution < -0.4 is 10.1 Å². The van der Waals surface area contributed by atoms with Gasteiger partial charge in [-0.25, -0.2) is 0 Å². The molecule has 1 aliphatic rings. The molecule has 1 fully saturated rings. The number of nitrogens with one attached hydrogen (secondary N) is 1. The van der Waals surface area contributed by atoms with E-state index in [1.807, 2.05) is 13.0 Å². The minimum Gasteiger partial charge on any atom is -0.435 e. The Bertz CT molecular complexity index is 409. The molecule has 0 spiro atoms. The van der Waals surface area contributed by atoms with Gasteiger partial charge in [-0.3, -0.25) is 0 Å². The second-order valence-electron chi connectivity index (χ2n) is 5.18. The number of hydrogen-bond acceptors (Lipinski definition) is 3. The van der Waals surface area contributed by atoms with E-state index in [2.05, 4.69) is 15.0 Å². The van der Waals surface area contributed by atoms with Crippen LogP contribution in [0.3, 0.4) is 0 Å². The number of nitrogens with zero attached hydrogens (tertiary/aromatic N) is 1. The lowest BCUT2D eigenvalue weighted by Crippen LogP contribution is -2.31. The Morgan fingerprint density at radius 2 is 2.05 bits per heavy atom. The van der Waals surface area contributed by atoms with Crippen molar-refractivity contribution >= 4 is 0 Å². The monoisotopic (exact) mass is 284 g/mol. The van der Waals surface area contributed by atoms with Crippen molar-refractivity contribution in [2.45, 2.75) is 32.4 Å². The van der Waals surface area contributed by atoms with Crippen molar-refractivity contribution < 1.29 is 13.5 Å². The average Bonchev–Trinajstić information content (AvgIpc) is 2.91. The summed E-state index contributed by atoms with van der Waals surface area (Å²) in [5.74, 6) is 0.214. The molecule has 1 aromatic carbocycles. The third-order valence-corrected chi connectivity index (χ3v) is 3.66. The Morgan fingerprint density at radius 3 is 2.75 bits per heavy atom. The quantitative estimate of drug-likeness (QED) is 0.833. The minimum absolute atomic E-state index is 0.124. The molecule has 0 aliphatic carbocycles. The van der Waals surface area contributed by atoms with Crippen molar-refractivity contribution in [2.24, 2.45) is 0 Å². The topological polar surface area (TPSA) is 24.5 Å². The Hall–Kier alpha value is -1.20. The molecule has 1 heterocycles. The lowest BCUT2D eigenvalue weighted by atomic mass is 10.1. The summed E-state index contributed by atoms with van der Waals surface area (Å²) in [6.07, 6.45) is 2.59. The maximum atomic E-state index is 12.2. The van der Waals surface area contributed by atoms with Crippen LogP contribution >= 0.6 is 0 Å². The Labute approximate surface area is 118 Å². The van der Waals surface area contributed by atoms with Crippen molar-refractivity contribution in [1.82, 2.24) is 10.2 Å². The zero-order chi connectivity index (χ0) is 14.4. The third kappa shape index (κ3) is 4.72. The molecule has 1 aliphatic heterocycles. The zero-order valence-corrected chi connectivity index (χ0v) is 11.8. The molecule has 5 heteroatoms. The van der Waals surface area contributed by atoms with Crippen LogP contribution in [-0.2, 0) is 0 Å². The van der Waals surface area contributed by atoms with Crippen molar-refractivity contribution in [3.63, 3.8) is 0 Å². The third-order valence-electron chi connectivity index (χ3n) is 3.66. The molecule has 0 amide bonds. The number of benzene rings is 1. The highest BCUT2D eigenvalue weighted by atomic mass is 19.3. The number of halogens is 2. The summed E-state index contributed by atoms with van der Waals surface area (Å²) in [6.45, 7) is 3.58. The first-order valence-corrected chi connectivity index (χ1v) is 7.15. The molecule has 2 rings (SSSR count). The first-order chi connectivity index (χ1) is 9.65. The van der Waals surface area contributed by atoms with E-state index in [1.54, 1.807) is 18.2 Å². The number of hydrogen-bond donors (Lipinski definition) is 1. The average molecular weight is 284 g/mol. The number of likely N-dealkylation sites (tertiary alicyclic amines) is 1. The Morgan fingerprint density at radius 1 is 1.30 bits per heavy atom. The molecule has 0 saturated carbocycles. The van der Waals surface area contributed by atoms with Crippen LogP contribution in [0.4, 0.5) is 8.78 Å². The van der Waals surface area contributed by atoms with Crippen LogP contribution in [0.15, 0.2) is 24.3 Å². The van der Waals surface area contributed by atoms with Gasteiger partial charge in [-0.2, -0.15) is 8.78 Å². The predicted octanol–water partition coefficient (Wildman–Crippen LogP) is 3.03. The Kier molecular flexibility index (Phi) is 5.73. The van der Waals surface area contributed by atoms with E-state index in [-0.39, 0.29) is 11.8 Å². The first kappa shape index (κ1) is 15.2. The molecule has 1 unspecified atom stereocenters. The van der Waals surface area contributed by atoms with E-state index in [4.69, 9.17) is 0 Å². The van der Waals surface area contributed by atoms with Crippen LogP contribution in [-0.4, -0.2) is 37.7 Å². The van der Waals surface area contributed by atoms with Crippen LogP contribution in [0.25, 0.3) is 0 Å². The van der Waals surface area contributed by atoms with Gasteiger partial charge in [0, 0.05) is 19.1 Å². The minimum atomic E-state index is -2.77. The highest BCUT2D eigenvalue weighted by molar-refractivity contribution is 5.30. The largest absolute Gasteiger partial charge is 0.435 e. The van der Waals surface area contributed by atoms with E-state index in [0.29, 0.717) is 0 Å². The van der Waals surface area contributed by atoms with Crippen LogP contribution in [0, 0.1) is 0 Å². The van der Waals surface area contributed by atoms with Gasteiger partial charge in [-0.1, -0.05) is 12.1 Å². The zero-order valence-electron chi connectivity index (χ0n) is 11.8. The van der Waals surface area contributed by atoms with E-state index in [0.717, 1.165) is 18.7 Å². The van der Waals surface area contributed by atoms with Gasteiger partial charge in [-0.05, 0) is 50.6 Å². The van der Waals surface area contributed by atoms with Crippen LogP contribution in [0.2, 0.25) is 0 Å². The molecule has 0 bridgehead atoms. The van der Waals surface area contributed by atoms with Crippen molar-refractivity contribution in [3.8, 4) is 5.75 Å². The molecule has 112 valence electrons. The number of alkyl halides is 2. The fourth-order valence-corrected chi connectivity index (χ4v) is 2.52. The predicted molar refractivity (Wildman–Crippen MR) is 75.2 cm³/mol. The fourth-order valence-electron chi connectivity index (χ4n) is 2.52. The number of rotatable bonds is 7. The van der Waals surface area contributed by atoms with E-state index < -0.39 is 6.61 Å². The standard InChI is InChI=1S/C15H22F2N2O/c1-12(18-7-10-19-8-2-3-9-19)13-5-4-6-14(11-13)20-15(16)17/h4-6,11-12,15,18H,2-3,7-10H2,1H3. The second kappa shape index (κ2) is 7.55. The van der Waals surface area contributed by atoms with E-state index in [1.165, 1.54) is 25.9 Å². The van der Waals surface area contributed by atoms with Gasteiger partial charge in [0.15, 0.2) is 0 Å². The molecule has 1 N–H and O–H groups in total. The van der Waals surface area contributed by atoms with Crippen LogP contribution in [0.5, 0.6) is 5.75 Å². The lowest BCUT2D eigenvalue weighted by Gasteiger charge is -2.19.